The van der Waals surface area contributed by atoms with Crippen LogP contribution in [0.25, 0.3) is 0 Å². The minimum absolute atomic E-state index is 0.164. The summed E-state index contributed by atoms with van der Waals surface area (Å²) in [6.45, 7) is 0. The Labute approximate surface area is 87.4 Å². The first kappa shape index (κ1) is 11.4. The molecule has 1 saturated carbocycles. The van der Waals surface area contributed by atoms with Crippen LogP contribution < -0.4 is 5.32 Å². The van der Waals surface area contributed by atoms with Crippen molar-refractivity contribution in [1.82, 2.24) is 5.32 Å². The van der Waals surface area contributed by atoms with Crippen LogP contribution in [0.5, 0.6) is 0 Å². The predicted molar refractivity (Wildman–Crippen MR) is 55.3 cm³/mol. The van der Waals surface area contributed by atoms with E-state index in [2.05, 4.69) is 5.32 Å². The topological polar surface area (TPSA) is 66.4 Å². The Morgan fingerprint density at radius 1 is 1.50 bits per heavy atom. The second kappa shape index (κ2) is 5.24. The van der Waals surface area contributed by atoms with E-state index in [0.717, 1.165) is 19.3 Å². The summed E-state index contributed by atoms with van der Waals surface area (Å²) in [5.41, 5.74) is 0. The van der Waals surface area contributed by atoms with Gasteiger partial charge in [-0.1, -0.05) is 6.42 Å². The molecular formula is C9H15NO3S. The van der Waals surface area contributed by atoms with Crippen LogP contribution in [0.2, 0.25) is 0 Å². The molecule has 2 atom stereocenters. The lowest BCUT2D eigenvalue weighted by molar-refractivity contribution is -0.140. The summed E-state index contributed by atoms with van der Waals surface area (Å²) in [5.74, 6) is -1.44. The summed E-state index contributed by atoms with van der Waals surface area (Å²) in [6.07, 6.45) is 4.80. The van der Waals surface area contributed by atoms with Crippen molar-refractivity contribution < 1.29 is 14.7 Å². The molecule has 0 spiro atoms. The number of rotatable bonds is 4. The molecule has 2 unspecified atom stereocenters. The van der Waals surface area contributed by atoms with Gasteiger partial charge in [0, 0.05) is 11.3 Å². The smallest absolute Gasteiger partial charge is 0.312 e. The number of amides is 1. The van der Waals surface area contributed by atoms with Gasteiger partial charge in [0.15, 0.2) is 0 Å². The Bertz CT molecular complexity index is 232. The highest BCUT2D eigenvalue weighted by Crippen LogP contribution is 2.28. The third-order valence-electron chi connectivity index (χ3n) is 2.41. The summed E-state index contributed by atoms with van der Waals surface area (Å²) in [5, 5.41) is 11.6. The summed E-state index contributed by atoms with van der Waals surface area (Å²) >= 11 is 1.74. The molecule has 2 N–H and O–H groups in total. The van der Waals surface area contributed by atoms with Crippen molar-refractivity contribution in [3.63, 3.8) is 0 Å². The number of nitrogens with one attached hydrogen (secondary N) is 1. The van der Waals surface area contributed by atoms with Gasteiger partial charge < -0.3 is 10.4 Å². The van der Waals surface area contributed by atoms with Crippen molar-refractivity contribution in [3.8, 4) is 0 Å². The molecule has 0 saturated heterocycles. The molecule has 0 bridgehead atoms. The molecule has 0 radical (unpaired) electrons. The Kier molecular flexibility index (Phi) is 4.25. The summed E-state index contributed by atoms with van der Waals surface area (Å²) < 4.78 is 0. The largest absolute Gasteiger partial charge is 0.481 e. The summed E-state index contributed by atoms with van der Waals surface area (Å²) in [4.78, 5) is 21.4. The van der Waals surface area contributed by atoms with Crippen LogP contribution in [0.1, 0.15) is 25.7 Å². The van der Waals surface area contributed by atoms with Gasteiger partial charge in [0.25, 0.3) is 0 Å². The maximum Gasteiger partial charge on any atom is 0.312 e. The zero-order valence-corrected chi connectivity index (χ0v) is 8.97. The third-order valence-corrected chi connectivity index (χ3v) is 3.58. The lowest BCUT2D eigenvalue weighted by Gasteiger charge is -2.18. The number of carboxylic acid groups (broad SMARTS) is 1. The minimum Gasteiger partial charge on any atom is -0.481 e. The van der Waals surface area contributed by atoms with Gasteiger partial charge in [0.1, 0.15) is 6.42 Å². The molecule has 1 amide bonds. The van der Waals surface area contributed by atoms with Gasteiger partial charge in [0.05, 0.1) is 0 Å². The van der Waals surface area contributed by atoms with Gasteiger partial charge in [-0.2, -0.15) is 11.8 Å². The number of carbonyl (C=O) groups excluding carboxylic acids is 1. The van der Waals surface area contributed by atoms with Crippen LogP contribution >= 0.6 is 11.8 Å². The summed E-state index contributed by atoms with van der Waals surface area (Å²) in [7, 11) is 0. The normalized spacial score (nSPS) is 26.1. The molecule has 4 nitrogen and oxygen atoms in total. The van der Waals surface area contributed by atoms with Gasteiger partial charge in [-0.05, 0) is 19.1 Å². The van der Waals surface area contributed by atoms with Crippen LogP contribution in [0, 0.1) is 0 Å². The van der Waals surface area contributed by atoms with E-state index in [0.29, 0.717) is 5.25 Å². The molecule has 0 aromatic heterocycles. The highest BCUT2D eigenvalue weighted by atomic mass is 32.2. The van der Waals surface area contributed by atoms with E-state index in [1.54, 1.807) is 11.8 Å². The predicted octanol–water partition coefficient (Wildman–Crippen LogP) is 0.861. The van der Waals surface area contributed by atoms with Gasteiger partial charge in [-0.25, -0.2) is 0 Å². The van der Waals surface area contributed by atoms with E-state index < -0.39 is 12.4 Å². The maximum atomic E-state index is 11.2. The van der Waals surface area contributed by atoms with E-state index in [1.807, 2.05) is 6.26 Å². The first-order valence-corrected chi connectivity index (χ1v) is 5.96. The molecule has 1 aliphatic rings. The van der Waals surface area contributed by atoms with E-state index in [4.69, 9.17) is 5.11 Å². The molecule has 0 aromatic carbocycles. The molecule has 14 heavy (non-hydrogen) atoms. The van der Waals surface area contributed by atoms with Crippen molar-refractivity contribution in [2.24, 2.45) is 0 Å². The number of carboxylic acids is 1. The fourth-order valence-electron chi connectivity index (χ4n) is 1.77. The SMILES string of the molecule is CSC1CCCC1NC(=O)CC(=O)O. The van der Waals surface area contributed by atoms with E-state index in [9.17, 15) is 9.59 Å². The van der Waals surface area contributed by atoms with Crippen molar-refractivity contribution in [1.29, 1.82) is 0 Å². The van der Waals surface area contributed by atoms with Gasteiger partial charge in [-0.15, -0.1) is 0 Å². The molecule has 0 aromatic rings. The van der Waals surface area contributed by atoms with Gasteiger partial charge >= 0.3 is 5.97 Å². The Morgan fingerprint density at radius 3 is 2.79 bits per heavy atom. The van der Waals surface area contributed by atoms with E-state index in [1.165, 1.54) is 0 Å². The fourth-order valence-corrected chi connectivity index (χ4v) is 2.70. The quantitative estimate of drug-likeness (QED) is 0.685. The van der Waals surface area contributed by atoms with E-state index >= 15 is 0 Å². The highest BCUT2D eigenvalue weighted by Gasteiger charge is 2.27. The summed E-state index contributed by atoms with van der Waals surface area (Å²) in [6, 6.07) is 0.164. The molecule has 1 rings (SSSR count). The minimum atomic E-state index is -1.07. The van der Waals surface area contributed by atoms with Crippen molar-refractivity contribution >= 4 is 23.6 Å². The van der Waals surface area contributed by atoms with Crippen molar-refractivity contribution in [2.75, 3.05) is 6.26 Å². The number of carbonyl (C=O) groups is 2. The molecule has 1 aliphatic carbocycles. The first-order valence-electron chi connectivity index (χ1n) is 4.67. The zero-order chi connectivity index (χ0) is 10.6. The van der Waals surface area contributed by atoms with Crippen LogP contribution in [0.15, 0.2) is 0 Å². The van der Waals surface area contributed by atoms with Gasteiger partial charge in [0.2, 0.25) is 5.91 Å². The standard InChI is InChI=1S/C9H15NO3S/c1-14-7-4-2-3-6(7)10-8(11)5-9(12)13/h6-7H,2-5H2,1H3,(H,10,11)(H,12,13). The zero-order valence-electron chi connectivity index (χ0n) is 8.16. The molecular weight excluding hydrogens is 202 g/mol. The number of thioether (sulfide) groups is 1. The van der Waals surface area contributed by atoms with Crippen molar-refractivity contribution in [3.05, 3.63) is 0 Å². The number of aliphatic carboxylic acids is 1. The first-order chi connectivity index (χ1) is 6.63. The van der Waals surface area contributed by atoms with E-state index in [-0.39, 0.29) is 11.9 Å². The Morgan fingerprint density at radius 2 is 2.21 bits per heavy atom. The van der Waals surface area contributed by atoms with Crippen molar-refractivity contribution in [2.45, 2.75) is 37.0 Å². The highest BCUT2D eigenvalue weighted by molar-refractivity contribution is 7.99. The molecule has 0 heterocycles. The van der Waals surface area contributed by atoms with Gasteiger partial charge in [-0.3, -0.25) is 9.59 Å². The van der Waals surface area contributed by atoms with Crippen LogP contribution in [-0.4, -0.2) is 34.5 Å². The maximum absolute atomic E-state index is 11.2. The second-order valence-corrected chi connectivity index (χ2v) is 4.53. The third kappa shape index (κ3) is 3.21. The molecule has 80 valence electrons. The lowest BCUT2D eigenvalue weighted by atomic mass is 10.2. The van der Waals surface area contributed by atoms with Crippen LogP contribution in [-0.2, 0) is 9.59 Å². The molecule has 1 fully saturated rings. The average Bonchev–Trinajstić information content (AvgIpc) is 2.50. The Hall–Kier alpha value is -0.710. The monoisotopic (exact) mass is 217 g/mol. The molecule has 0 aliphatic heterocycles. The number of hydrogen-bond donors (Lipinski definition) is 2. The Balaban J connectivity index is 2.35. The number of hydrogen-bond acceptors (Lipinski definition) is 3. The fraction of sp³-hybridized carbons (Fsp3) is 0.778. The average molecular weight is 217 g/mol. The van der Waals surface area contributed by atoms with Crippen LogP contribution in [0.3, 0.4) is 0 Å². The molecule has 5 heteroatoms. The lowest BCUT2D eigenvalue weighted by Crippen LogP contribution is -2.39. The second-order valence-electron chi connectivity index (χ2n) is 3.45. The van der Waals surface area contributed by atoms with Crippen LogP contribution in [0.4, 0.5) is 0 Å².